The van der Waals surface area contributed by atoms with E-state index in [9.17, 15) is 0 Å². The minimum atomic E-state index is -0.0742. The molecule has 2 N–H and O–H groups in total. The molecule has 3 heteroatoms. The zero-order chi connectivity index (χ0) is 12.8. The zero-order valence-electron chi connectivity index (χ0n) is 10.5. The van der Waals surface area contributed by atoms with Crippen molar-refractivity contribution in [2.75, 3.05) is 6.61 Å². The predicted molar refractivity (Wildman–Crippen MR) is 72.5 cm³/mol. The van der Waals surface area contributed by atoms with Gasteiger partial charge >= 0.3 is 0 Å². The van der Waals surface area contributed by atoms with E-state index in [4.69, 9.17) is 10.5 Å². The molecule has 94 valence electrons. The van der Waals surface area contributed by atoms with Crippen LogP contribution < -0.4 is 10.5 Å². The first kappa shape index (κ1) is 12.6. The highest BCUT2D eigenvalue weighted by atomic mass is 16.5. The van der Waals surface area contributed by atoms with E-state index in [1.165, 1.54) is 0 Å². The zero-order valence-corrected chi connectivity index (χ0v) is 10.5. The monoisotopic (exact) mass is 242 g/mol. The van der Waals surface area contributed by atoms with Crippen LogP contribution in [0.2, 0.25) is 0 Å². The lowest BCUT2D eigenvalue weighted by Gasteiger charge is -2.13. The van der Waals surface area contributed by atoms with Gasteiger partial charge < -0.3 is 10.5 Å². The Balaban J connectivity index is 1.86. The van der Waals surface area contributed by atoms with Gasteiger partial charge in [-0.3, -0.25) is 4.98 Å². The molecule has 18 heavy (non-hydrogen) atoms. The van der Waals surface area contributed by atoms with Crippen molar-refractivity contribution in [1.29, 1.82) is 0 Å². The van der Waals surface area contributed by atoms with E-state index < -0.39 is 0 Å². The summed E-state index contributed by atoms with van der Waals surface area (Å²) in [6.45, 7) is 2.63. The van der Waals surface area contributed by atoms with Gasteiger partial charge in [-0.2, -0.15) is 0 Å². The lowest BCUT2D eigenvalue weighted by molar-refractivity contribution is 0.297. The third-order valence-electron chi connectivity index (χ3n) is 2.84. The topological polar surface area (TPSA) is 48.1 Å². The number of para-hydroxylation sites is 1. The van der Waals surface area contributed by atoms with Crippen LogP contribution >= 0.6 is 0 Å². The van der Waals surface area contributed by atoms with Crippen LogP contribution in [0.3, 0.4) is 0 Å². The Morgan fingerprint density at radius 2 is 1.94 bits per heavy atom. The van der Waals surface area contributed by atoms with E-state index in [-0.39, 0.29) is 6.04 Å². The summed E-state index contributed by atoms with van der Waals surface area (Å²) in [5, 5.41) is 0. The van der Waals surface area contributed by atoms with Crippen molar-refractivity contribution < 1.29 is 4.74 Å². The molecule has 2 aromatic rings. The number of rotatable bonds is 5. The first-order valence-electron chi connectivity index (χ1n) is 6.12. The Hall–Kier alpha value is -1.87. The summed E-state index contributed by atoms with van der Waals surface area (Å²) in [5.74, 6) is 0.877. The van der Waals surface area contributed by atoms with Crippen LogP contribution in [0.25, 0.3) is 0 Å². The van der Waals surface area contributed by atoms with Crippen molar-refractivity contribution >= 4 is 0 Å². The molecular formula is C15H18N2O. The third-order valence-corrected chi connectivity index (χ3v) is 2.84. The first-order chi connectivity index (χ1) is 8.77. The Morgan fingerprint density at radius 3 is 2.67 bits per heavy atom. The van der Waals surface area contributed by atoms with Gasteiger partial charge in [0, 0.05) is 12.6 Å². The van der Waals surface area contributed by atoms with Gasteiger partial charge in [0.05, 0.1) is 18.3 Å². The van der Waals surface area contributed by atoms with Crippen LogP contribution in [0.1, 0.15) is 23.7 Å². The quantitative estimate of drug-likeness (QED) is 0.877. The highest BCUT2D eigenvalue weighted by molar-refractivity contribution is 5.22. The van der Waals surface area contributed by atoms with Crippen molar-refractivity contribution in [2.24, 2.45) is 5.73 Å². The number of pyridine rings is 1. The average molecular weight is 242 g/mol. The second kappa shape index (κ2) is 6.17. The maximum atomic E-state index is 6.12. The van der Waals surface area contributed by atoms with Gasteiger partial charge in [-0.25, -0.2) is 0 Å². The molecule has 0 fully saturated rings. The molecule has 2 rings (SSSR count). The van der Waals surface area contributed by atoms with Crippen LogP contribution in [0.4, 0.5) is 0 Å². The molecule has 0 radical (unpaired) electrons. The maximum absolute atomic E-state index is 6.12. The molecule has 1 heterocycles. The smallest absolute Gasteiger partial charge is 0.119 e. The molecule has 0 aliphatic heterocycles. The molecule has 3 nitrogen and oxygen atoms in total. The Bertz CT molecular complexity index is 485. The summed E-state index contributed by atoms with van der Waals surface area (Å²) >= 11 is 0. The fraction of sp³-hybridized carbons (Fsp3) is 0.267. The third kappa shape index (κ3) is 3.31. The fourth-order valence-corrected chi connectivity index (χ4v) is 1.84. The SMILES string of the molecule is Cc1cccnc1C(N)CCOc1ccccc1. The lowest BCUT2D eigenvalue weighted by atomic mass is 10.1. The number of hydrogen-bond donors (Lipinski definition) is 1. The van der Waals surface area contributed by atoms with Crippen LogP contribution in [0.5, 0.6) is 5.75 Å². The summed E-state index contributed by atoms with van der Waals surface area (Å²) in [7, 11) is 0. The average Bonchev–Trinajstić information content (AvgIpc) is 2.40. The molecule has 1 aromatic heterocycles. The van der Waals surface area contributed by atoms with Gasteiger partial charge in [0.15, 0.2) is 0 Å². The van der Waals surface area contributed by atoms with E-state index in [1.807, 2.05) is 49.4 Å². The van der Waals surface area contributed by atoms with Gasteiger partial charge in [0.25, 0.3) is 0 Å². The molecule has 0 saturated carbocycles. The molecule has 0 saturated heterocycles. The number of aryl methyl sites for hydroxylation is 1. The standard InChI is InChI=1S/C15H18N2O/c1-12-6-5-10-17-15(12)14(16)9-11-18-13-7-3-2-4-8-13/h2-8,10,14H,9,11,16H2,1H3. The van der Waals surface area contributed by atoms with Crippen LogP contribution in [-0.2, 0) is 0 Å². The van der Waals surface area contributed by atoms with Crippen LogP contribution in [0, 0.1) is 6.92 Å². The molecule has 1 aromatic carbocycles. The van der Waals surface area contributed by atoms with Gasteiger partial charge in [-0.1, -0.05) is 24.3 Å². The lowest BCUT2D eigenvalue weighted by Crippen LogP contribution is -2.16. The van der Waals surface area contributed by atoms with Crippen molar-refractivity contribution in [3.05, 3.63) is 59.9 Å². The molecule has 0 aliphatic rings. The summed E-state index contributed by atoms with van der Waals surface area (Å²) in [4.78, 5) is 4.32. The maximum Gasteiger partial charge on any atom is 0.119 e. The second-order valence-corrected chi connectivity index (χ2v) is 4.26. The molecule has 0 amide bonds. The van der Waals surface area contributed by atoms with E-state index >= 15 is 0 Å². The van der Waals surface area contributed by atoms with Crippen LogP contribution in [-0.4, -0.2) is 11.6 Å². The first-order valence-corrected chi connectivity index (χ1v) is 6.12. The van der Waals surface area contributed by atoms with Gasteiger partial charge in [0.2, 0.25) is 0 Å². The molecule has 1 unspecified atom stereocenters. The summed E-state index contributed by atoms with van der Waals surface area (Å²) < 4.78 is 5.63. The van der Waals surface area contributed by atoms with E-state index in [0.29, 0.717) is 6.61 Å². The highest BCUT2D eigenvalue weighted by Gasteiger charge is 2.09. The summed E-state index contributed by atoms with van der Waals surface area (Å²) in [6.07, 6.45) is 2.53. The van der Waals surface area contributed by atoms with Crippen molar-refractivity contribution in [1.82, 2.24) is 4.98 Å². The fourth-order valence-electron chi connectivity index (χ4n) is 1.84. The van der Waals surface area contributed by atoms with Gasteiger partial charge in [-0.05, 0) is 30.7 Å². The molecule has 1 atom stereocenters. The van der Waals surface area contributed by atoms with Gasteiger partial charge in [0.1, 0.15) is 5.75 Å². The highest BCUT2D eigenvalue weighted by Crippen LogP contribution is 2.16. The molecule has 0 aliphatic carbocycles. The Morgan fingerprint density at radius 1 is 1.17 bits per heavy atom. The van der Waals surface area contributed by atoms with E-state index in [1.54, 1.807) is 6.20 Å². The number of aromatic nitrogens is 1. The Kier molecular flexibility index (Phi) is 4.31. The number of nitrogens with zero attached hydrogens (tertiary/aromatic N) is 1. The molecule has 0 bridgehead atoms. The molecule has 0 spiro atoms. The molecular weight excluding hydrogens is 224 g/mol. The van der Waals surface area contributed by atoms with Crippen LogP contribution in [0.15, 0.2) is 48.7 Å². The number of nitrogens with two attached hydrogens (primary N) is 1. The van der Waals surface area contributed by atoms with Gasteiger partial charge in [-0.15, -0.1) is 0 Å². The normalized spacial score (nSPS) is 12.1. The Labute approximate surface area is 108 Å². The van der Waals surface area contributed by atoms with Crippen molar-refractivity contribution in [3.63, 3.8) is 0 Å². The largest absolute Gasteiger partial charge is 0.494 e. The predicted octanol–water partition coefficient (Wildman–Crippen LogP) is 2.86. The summed E-state index contributed by atoms with van der Waals surface area (Å²) in [6, 6.07) is 13.6. The number of hydrogen-bond acceptors (Lipinski definition) is 3. The van der Waals surface area contributed by atoms with E-state index in [2.05, 4.69) is 4.98 Å². The summed E-state index contributed by atoms with van der Waals surface area (Å²) in [5.41, 5.74) is 8.20. The van der Waals surface area contributed by atoms with E-state index in [0.717, 1.165) is 23.4 Å². The second-order valence-electron chi connectivity index (χ2n) is 4.26. The van der Waals surface area contributed by atoms with Crippen molar-refractivity contribution in [3.8, 4) is 5.75 Å². The van der Waals surface area contributed by atoms with Crippen molar-refractivity contribution in [2.45, 2.75) is 19.4 Å². The minimum Gasteiger partial charge on any atom is -0.494 e. The number of ether oxygens (including phenoxy) is 1. The minimum absolute atomic E-state index is 0.0742. The number of benzene rings is 1.